The molecular weight excluding hydrogens is 1410 g/mol. The van der Waals surface area contributed by atoms with E-state index in [0.29, 0.717) is 133 Å². The van der Waals surface area contributed by atoms with Crippen LogP contribution in [0.25, 0.3) is 0 Å². The van der Waals surface area contributed by atoms with E-state index in [9.17, 15) is 29.7 Å². The molecule has 32 heteroatoms. The van der Waals surface area contributed by atoms with Crippen LogP contribution in [0.4, 0.5) is 52.8 Å². The Morgan fingerprint density at radius 2 is 0.587 bits per heavy atom. The second-order valence-electron chi connectivity index (χ2n) is 24.4. The number of aromatic nitrogens is 9. The lowest BCUT2D eigenvalue weighted by atomic mass is 10.1. The number of hydrogen-bond donors (Lipinski definition) is 9. The van der Waals surface area contributed by atoms with Gasteiger partial charge in [-0.15, -0.1) is 0 Å². The van der Waals surface area contributed by atoms with E-state index in [1.807, 2.05) is 93.6 Å². The van der Waals surface area contributed by atoms with Gasteiger partial charge in [0.1, 0.15) is 64.4 Å². The van der Waals surface area contributed by atoms with E-state index in [0.717, 1.165) is 98.1 Å². The number of nitrogens with one attached hydrogen (secondary N) is 6. The number of nitrogens with zero attached hydrogens (tertiary/aromatic N) is 9. The summed E-state index contributed by atoms with van der Waals surface area (Å²) in [5.74, 6) is 1.75. The number of aromatic carboxylic acids is 3. The van der Waals surface area contributed by atoms with Crippen LogP contribution < -0.4 is 74.5 Å². The molecule has 0 amide bonds. The van der Waals surface area contributed by atoms with Gasteiger partial charge in [-0.1, -0.05) is 62.1 Å². The summed E-state index contributed by atoms with van der Waals surface area (Å²) in [6.07, 6.45) is 9.91. The fourth-order valence-corrected chi connectivity index (χ4v) is 10.7. The fourth-order valence-electron chi connectivity index (χ4n) is 10.7. The Hall–Kier alpha value is -12.3. The molecule has 6 aromatic carbocycles. The number of rotatable bonds is 9. The first-order chi connectivity index (χ1) is 53.3. The van der Waals surface area contributed by atoms with Crippen LogP contribution in [0.2, 0.25) is 0 Å². The molecule has 0 spiro atoms. The largest absolute Gasteiger partial charge is 0.494 e. The number of ether oxygens (including phenoxy) is 11. The molecule has 0 saturated heterocycles. The first-order valence-electron chi connectivity index (χ1n) is 36.3. The summed E-state index contributed by atoms with van der Waals surface area (Å²) in [4.78, 5) is 74.3. The summed E-state index contributed by atoms with van der Waals surface area (Å²) in [6.45, 7) is 12.4. The Morgan fingerprint density at radius 1 is 0.321 bits per heavy atom. The van der Waals surface area contributed by atoms with Gasteiger partial charge in [-0.05, 0) is 149 Å². The van der Waals surface area contributed by atoms with Crippen molar-refractivity contribution in [3.63, 3.8) is 0 Å². The van der Waals surface area contributed by atoms with Crippen molar-refractivity contribution in [3.05, 3.63) is 161 Å². The molecule has 576 valence electrons. The van der Waals surface area contributed by atoms with Crippen molar-refractivity contribution in [1.82, 2.24) is 44.9 Å². The second-order valence-corrected chi connectivity index (χ2v) is 24.4. The normalized spacial score (nSPS) is 14.7. The molecule has 0 aliphatic carbocycles. The molecule has 0 atom stereocenters. The van der Waals surface area contributed by atoms with Crippen LogP contribution in [0.3, 0.4) is 0 Å². The van der Waals surface area contributed by atoms with E-state index in [1.54, 1.807) is 36.4 Å². The van der Waals surface area contributed by atoms with Crippen LogP contribution in [0.5, 0.6) is 52.5 Å². The van der Waals surface area contributed by atoms with E-state index in [2.05, 4.69) is 76.8 Å². The number of carboxylic acid groups (broad SMARTS) is 3. The summed E-state index contributed by atoms with van der Waals surface area (Å²) in [7, 11) is 0. The minimum absolute atomic E-state index is 0.0262. The summed E-state index contributed by atoms with van der Waals surface area (Å²) in [6, 6.07) is 38.2. The zero-order chi connectivity index (χ0) is 76.2. The van der Waals surface area contributed by atoms with Crippen LogP contribution in [0, 0.1) is 0 Å². The van der Waals surface area contributed by atoms with Crippen molar-refractivity contribution < 1.29 is 81.8 Å². The smallest absolute Gasteiger partial charge is 0.339 e. The molecule has 32 nitrogen and oxygen atoms in total. The maximum atomic E-state index is 11.7. The van der Waals surface area contributed by atoms with Gasteiger partial charge in [0.15, 0.2) is 0 Å². The third-order valence-corrected chi connectivity index (χ3v) is 16.2. The third kappa shape index (κ3) is 26.6. The van der Waals surface area contributed by atoms with Gasteiger partial charge in [-0.3, -0.25) is 0 Å². The number of anilines is 9. The zero-order valence-corrected chi connectivity index (χ0v) is 61.1. The van der Waals surface area contributed by atoms with Crippen LogP contribution >= 0.6 is 0 Å². The SMILES string of the molecule is CCOc1nc2nc(n1)Nc1ccc(C(=O)O)c(c1)OCCCCCCCCOc1ccc(cc1)CN2.CCOc1nc2nc(n1)Nc1ccc(C(=O)O)c(c1)OCCCCCCOc1ccc(cc1)CN2.CCOc1nc2nc(n1)Nc1ccc(C(=O)O)c(c1)OCCOCCOCCOc1ccc(cc1)CN2. The van der Waals surface area contributed by atoms with Crippen molar-refractivity contribution >= 4 is 70.7 Å². The van der Waals surface area contributed by atoms with Crippen molar-refractivity contribution in [1.29, 1.82) is 0 Å². The molecule has 9 heterocycles. The molecule has 18 bridgehead atoms. The lowest BCUT2D eigenvalue weighted by molar-refractivity contribution is 0.0272. The fraction of sp³-hybridized carbons (Fsp3) is 0.377. The molecule has 0 radical (unpaired) electrons. The van der Waals surface area contributed by atoms with Gasteiger partial charge in [0.25, 0.3) is 0 Å². The Balaban J connectivity index is 0.000000174. The van der Waals surface area contributed by atoms with E-state index in [-0.39, 0.29) is 77.3 Å². The standard InChI is InChI=1S/C27H33N5O5.C25H29N5O7.C25H29N5O5/c1-2-35-27-31-25-28-18-19-9-12-21(13-10-19)36-15-7-5-3-4-6-8-16-37-23-17-20(29-26(30-25)32-27)11-14-22(23)24(33)34;1-2-35-25-29-23-26-16-17-3-6-19(7-4-17)36-13-11-33-9-10-34-12-14-37-21-15-18(27-24(28-23)30-25)5-8-20(21)22(31)32;1-2-33-25-29-23-26-16-17-7-10-19(11-8-17)34-13-5-3-4-6-14-35-21-15-18(27-24(28-23)30-25)9-12-20(21)22(31)32/h9-14,17H,2-8,15-16,18H2,1H3,(H,33,34)(H2,28,29,30,31,32);3-8,15H,2,9-14,16H2,1H3,(H,31,32)(H2,26,27,28,29,30);7-12,15H,2-6,13-14,16H2,1H3,(H,31,32)(H2,26,27,28,29,30). The van der Waals surface area contributed by atoms with Crippen molar-refractivity contribution in [2.45, 2.75) is 105 Å². The predicted molar refractivity (Wildman–Crippen MR) is 405 cm³/mol. The molecule has 109 heavy (non-hydrogen) atoms. The second kappa shape index (κ2) is 42.7. The van der Waals surface area contributed by atoms with Crippen molar-refractivity contribution in [2.24, 2.45) is 0 Å². The molecule has 15 rings (SSSR count). The van der Waals surface area contributed by atoms with Gasteiger partial charge in [0, 0.05) is 54.9 Å². The molecular formula is C77H91N15O17. The topological polar surface area (TPSA) is 402 Å². The molecule has 9 aromatic rings. The van der Waals surface area contributed by atoms with Crippen LogP contribution in [-0.4, -0.2) is 164 Å². The van der Waals surface area contributed by atoms with Gasteiger partial charge < -0.3 is 99.3 Å². The summed E-state index contributed by atoms with van der Waals surface area (Å²) in [5, 5.41) is 47.6. The zero-order valence-electron chi connectivity index (χ0n) is 61.1. The number of fused-ring (bicyclic) bond motifs is 34. The molecule has 0 fully saturated rings. The highest BCUT2D eigenvalue weighted by Gasteiger charge is 2.20. The van der Waals surface area contributed by atoms with Gasteiger partial charge >= 0.3 is 35.9 Å². The quantitative estimate of drug-likeness (QED) is 0.0606. The van der Waals surface area contributed by atoms with E-state index < -0.39 is 17.9 Å². The first-order valence-corrected chi connectivity index (χ1v) is 36.3. The predicted octanol–water partition coefficient (Wildman–Crippen LogP) is 13.2. The molecule has 0 saturated carbocycles. The molecule has 3 aromatic heterocycles. The third-order valence-electron chi connectivity index (χ3n) is 16.2. The average molecular weight is 1500 g/mol. The maximum absolute atomic E-state index is 11.7. The number of carbonyl (C=O) groups is 3. The summed E-state index contributed by atoms with van der Waals surface area (Å²) >= 11 is 0. The minimum atomic E-state index is -1.10. The lowest BCUT2D eigenvalue weighted by Gasteiger charge is -2.13. The van der Waals surface area contributed by atoms with Crippen molar-refractivity contribution in [3.8, 4) is 52.5 Å². The van der Waals surface area contributed by atoms with E-state index in [1.165, 1.54) is 18.2 Å². The average Bonchev–Trinajstić information content (AvgIpc) is 0.981. The number of carboxylic acids is 3. The Bertz CT molecular complexity index is 4180. The van der Waals surface area contributed by atoms with E-state index >= 15 is 0 Å². The summed E-state index contributed by atoms with van der Waals surface area (Å²) in [5.41, 5.74) is 5.03. The lowest BCUT2D eigenvalue weighted by Crippen LogP contribution is -2.14. The Morgan fingerprint density at radius 3 is 0.899 bits per heavy atom. The number of benzene rings is 6. The Labute approximate surface area is 630 Å². The molecule has 6 aliphatic rings. The van der Waals surface area contributed by atoms with Crippen LogP contribution in [0.15, 0.2) is 127 Å². The highest BCUT2D eigenvalue weighted by molar-refractivity contribution is 5.93. The molecule has 0 unspecified atom stereocenters. The van der Waals surface area contributed by atoms with E-state index in [4.69, 9.17) is 52.1 Å². The highest BCUT2D eigenvalue weighted by atomic mass is 16.6. The minimum Gasteiger partial charge on any atom is -0.494 e. The van der Waals surface area contributed by atoms with Gasteiger partial charge in [-0.2, -0.15) is 44.9 Å². The van der Waals surface area contributed by atoms with Gasteiger partial charge in [-0.25, -0.2) is 14.4 Å². The summed E-state index contributed by atoms with van der Waals surface area (Å²) < 4.78 is 62.4. The maximum Gasteiger partial charge on any atom is 0.339 e. The molecule has 6 aliphatic heterocycles. The Kier molecular flexibility index (Phi) is 31.1. The number of hydrogen-bond acceptors (Lipinski definition) is 29. The van der Waals surface area contributed by atoms with Gasteiger partial charge in [0.2, 0.25) is 35.7 Å². The highest BCUT2D eigenvalue weighted by Crippen LogP contribution is 2.31. The van der Waals surface area contributed by atoms with Crippen LogP contribution in [-0.2, 0) is 29.1 Å². The van der Waals surface area contributed by atoms with Crippen molar-refractivity contribution in [2.75, 3.05) is 118 Å². The van der Waals surface area contributed by atoms with Gasteiger partial charge in [0.05, 0.1) is 72.7 Å². The van der Waals surface area contributed by atoms with Crippen LogP contribution in [0.1, 0.15) is 133 Å². The molecule has 9 N–H and O–H groups in total. The monoisotopic (exact) mass is 1500 g/mol. The first kappa shape index (κ1) is 79.2.